The number of imidazole rings is 2. The molecular weight excluding hydrogens is 681 g/mol. The molecule has 1 aliphatic heterocycles. The Morgan fingerprint density at radius 1 is 0.815 bits per heavy atom. The highest BCUT2D eigenvalue weighted by Gasteiger charge is 2.23. The molecule has 7 heterocycles. The van der Waals surface area contributed by atoms with Crippen molar-refractivity contribution in [2.75, 3.05) is 19.7 Å². The number of aliphatic hydroxyl groups is 1. The first-order valence-electron chi connectivity index (χ1n) is 18.0. The van der Waals surface area contributed by atoms with Crippen molar-refractivity contribution in [3.63, 3.8) is 0 Å². The lowest BCUT2D eigenvalue weighted by molar-refractivity contribution is 0.0799. The highest BCUT2D eigenvalue weighted by atomic mass is 16.3. The Morgan fingerprint density at radius 2 is 1.52 bits per heavy atom. The lowest BCUT2D eigenvalue weighted by atomic mass is 10.0. The zero-order valence-corrected chi connectivity index (χ0v) is 30.0. The van der Waals surface area contributed by atoms with Crippen LogP contribution in [0.25, 0.3) is 78.0 Å². The summed E-state index contributed by atoms with van der Waals surface area (Å²) in [4.78, 5) is 61.1. The Hall–Kier alpha value is -6.60. The summed E-state index contributed by atoms with van der Waals surface area (Å²) in [5, 5.41) is 14.7. The van der Waals surface area contributed by atoms with Crippen LogP contribution in [0.3, 0.4) is 0 Å². The molecule has 0 fully saturated rings. The monoisotopic (exact) mass is 718 g/mol. The Bertz CT molecular complexity index is 2780. The summed E-state index contributed by atoms with van der Waals surface area (Å²) in [6, 6.07) is 17.0. The number of amides is 2. The predicted molar refractivity (Wildman–Crippen MR) is 209 cm³/mol. The molecule has 8 aromatic rings. The van der Waals surface area contributed by atoms with E-state index in [-0.39, 0.29) is 24.5 Å². The number of aromatic nitrogens is 8. The van der Waals surface area contributed by atoms with Crippen LogP contribution >= 0.6 is 0 Å². The zero-order valence-electron chi connectivity index (χ0n) is 30.0. The van der Waals surface area contributed by atoms with Gasteiger partial charge < -0.3 is 35.3 Å². The van der Waals surface area contributed by atoms with Crippen LogP contribution in [0.15, 0.2) is 79.1 Å². The molecule has 0 bridgehead atoms. The Balaban J connectivity index is 1.10. The van der Waals surface area contributed by atoms with E-state index >= 15 is 0 Å². The van der Waals surface area contributed by atoms with Gasteiger partial charge in [0.05, 0.1) is 12.6 Å². The highest BCUT2D eigenvalue weighted by Crippen LogP contribution is 2.38. The van der Waals surface area contributed by atoms with Crippen molar-refractivity contribution in [2.45, 2.75) is 33.2 Å². The van der Waals surface area contributed by atoms with Crippen LogP contribution in [0.4, 0.5) is 0 Å². The van der Waals surface area contributed by atoms with Crippen molar-refractivity contribution in [1.82, 2.24) is 50.1 Å². The number of aryl methyl sites for hydroxylation is 1. The number of fused-ring (bicyclic) bond motifs is 4. The molecule has 1 atom stereocenters. The molecule has 0 radical (unpaired) electrons. The standard InChI is InChI=1S/C41H38N10O3/c1-21(2)14-27(20-52)46-40(53)25-8-6-24-16-33(48-30(24)17-25)34-29(19-43-39-36(34)44-22(3)45-39)37-49-35-28(10-11-42-38(35)50-37)32-15-23-7-9-26(18-31(23)47-32)41(54)51-12-4-5-13-51/h4-11,15-19,21,27,47-48,52H,12-14,20H2,1-3H3,(H,46,53)(H,42,49,50)(H,43,44,45)/t27-/m1/s1. The van der Waals surface area contributed by atoms with Gasteiger partial charge in [0, 0.05) is 86.5 Å². The number of hydrogen-bond donors (Lipinski definition) is 6. The number of carbonyl (C=O) groups is 2. The molecular formula is C41H38N10O3. The molecule has 13 nitrogen and oxygen atoms in total. The molecule has 0 saturated carbocycles. The highest BCUT2D eigenvalue weighted by molar-refractivity contribution is 6.04. The third-order valence-corrected chi connectivity index (χ3v) is 10.0. The third-order valence-electron chi connectivity index (χ3n) is 10.0. The van der Waals surface area contributed by atoms with Gasteiger partial charge in [-0.05, 0) is 61.7 Å². The van der Waals surface area contributed by atoms with Crippen molar-refractivity contribution in [3.05, 3.63) is 96.1 Å². The van der Waals surface area contributed by atoms with Gasteiger partial charge >= 0.3 is 0 Å². The van der Waals surface area contributed by atoms with Crippen molar-refractivity contribution >= 4 is 55.9 Å². The number of rotatable bonds is 9. The molecule has 54 heavy (non-hydrogen) atoms. The maximum absolute atomic E-state index is 13.2. The normalized spacial score (nSPS) is 13.7. The summed E-state index contributed by atoms with van der Waals surface area (Å²) in [6.07, 6.45) is 8.22. The minimum Gasteiger partial charge on any atom is -0.394 e. The largest absolute Gasteiger partial charge is 0.394 e. The first-order chi connectivity index (χ1) is 26.2. The number of nitrogens with one attached hydrogen (secondary N) is 5. The maximum Gasteiger partial charge on any atom is 0.254 e. The van der Waals surface area contributed by atoms with Gasteiger partial charge in [0.2, 0.25) is 0 Å². The average molecular weight is 719 g/mol. The molecule has 0 spiro atoms. The first-order valence-corrected chi connectivity index (χ1v) is 18.0. The number of aliphatic hydroxyl groups excluding tert-OH is 1. The second kappa shape index (κ2) is 13.1. The zero-order chi connectivity index (χ0) is 37.1. The lowest BCUT2D eigenvalue weighted by Gasteiger charge is -2.18. The predicted octanol–water partition coefficient (Wildman–Crippen LogP) is 6.65. The van der Waals surface area contributed by atoms with E-state index < -0.39 is 0 Å². The van der Waals surface area contributed by atoms with Gasteiger partial charge in [-0.25, -0.2) is 19.9 Å². The summed E-state index contributed by atoms with van der Waals surface area (Å²) in [5.41, 5.74) is 9.36. The second-order valence-electron chi connectivity index (χ2n) is 14.3. The second-order valence-corrected chi connectivity index (χ2v) is 14.3. The van der Waals surface area contributed by atoms with E-state index in [1.54, 1.807) is 18.5 Å². The van der Waals surface area contributed by atoms with Crippen LogP contribution in [-0.2, 0) is 0 Å². The fourth-order valence-corrected chi connectivity index (χ4v) is 7.43. The summed E-state index contributed by atoms with van der Waals surface area (Å²) in [7, 11) is 0. The lowest BCUT2D eigenvalue weighted by Crippen LogP contribution is -2.38. The molecule has 2 aromatic carbocycles. The SMILES string of the molecule is Cc1nc2c(-c3cc4ccc(C(=O)N[C@@H](CO)CC(C)C)cc4[nH]3)c(-c3nc4c(-c5cc6ccc(C(=O)N7CC=CC7)cc6[nH]5)ccnc4[nH]3)cnc2[nH]1. The smallest absolute Gasteiger partial charge is 0.254 e. The van der Waals surface area contributed by atoms with Gasteiger partial charge in [0.1, 0.15) is 22.7 Å². The van der Waals surface area contributed by atoms with Gasteiger partial charge in [-0.1, -0.05) is 38.1 Å². The molecule has 0 saturated heterocycles. The van der Waals surface area contributed by atoms with Crippen LogP contribution < -0.4 is 5.32 Å². The van der Waals surface area contributed by atoms with Crippen LogP contribution in [0.2, 0.25) is 0 Å². The van der Waals surface area contributed by atoms with E-state index in [1.807, 2.05) is 66.4 Å². The molecule has 6 N–H and O–H groups in total. The van der Waals surface area contributed by atoms with Gasteiger partial charge in [-0.3, -0.25) is 9.59 Å². The average Bonchev–Trinajstić information content (AvgIpc) is 4.01. The number of pyridine rings is 2. The van der Waals surface area contributed by atoms with E-state index in [4.69, 9.17) is 15.0 Å². The van der Waals surface area contributed by atoms with Crippen LogP contribution in [0.1, 0.15) is 46.8 Å². The summed E-state index contributed by atoms with van der Waals surface area (Å²) < 4.78 is 0. The number of H-pyrrole nitrogens is 4. The number of aromatic amines is 4. The fraction of sp³-hybridized carbons (Fsp3) is 0.220. The van der Waals surface area contributed by atoms with E-state index in [2.05, 4.69) is 50.2 Å². The van der Waals surface area contributed by atoms with E-state index in [0.717, 1.165) is 55.7 Å². The topological polar surface area (TPSA) is 184 Å². The number of hydrogen-bond acceptors (Lipinski definition) is 7. The van der Waals surface area contributed by atoms with Crippen molar-refractivity contribution in [1.29, 1.82) is 0 Å². The third kappa shape index (κ3) is 5.88. The summed E-state index contributed by atoms with van der Waals surface area (Å²) in [5.74, 6) is 1.39. The van der Waals surface area contributed by atoms with Crippen LogP contribution in [-0.4, -0.2) is 87.4 Å². The molecule has 2 amide bonds. The Labute approximate surface area is 309 Å². The summed E-state index contributed by atoms with van der Waals surface area (Å²) in [6.45, 7) is 7.14. The first kappa shape index (κ1) is 33.3. The maximum atomic E-state index is 13.2. The van der Waals surface area contributed by atoms with E-state index in [9.17, 15) is 14.7 Å². The van der Waals surface area contributed by atoms with E-state index in [0.29, 0.717) is 64.7 Å². The molecule has 0 unspecified atom stereocenters. The molecule has 9 rings (SSSR count). The molecule has 270 valence electrons. The number of nitrogens with zero attached hydrogens (tertiary/aromatic N) is 5. The number of benzene rings is 2. The van der Waals surface area contributed by atoms with Gasteiger partial charge in [-0.15, -0.1) is 0 Å². The van der Waals surface area contributed by atoms with Crippen LogP contribution in [0, 0.1) is 12.8 Å². The van der Waals surface area contributed by atoms with Gasteiger partial charge in [0.25, 0.3) is 11.8 Å². The fourth-order valence-electron chi connectivity index (χ4n) is 7.43. The van der Waals surface area contributed by atoms with Crippen molar-refractivity contribution in [3.8, 4) is 33.9 Å². The Kier molecular flexibility index (Phi) is 8.07. The number of carbonyl (C=O) groups excluding carboxylic acids is 2. The van der Waals surface area contributed by atoms with Crippen LogP contribution in [0.5, 0.6) is 0 Å². The molecule has 6 aromatic heterocycles. The van der Waals surface area contributed by atoms with E-state index in [1.165, 1.54) is 0 Å². The minimum atomic E-state index is -0.320. The van der Waals surface area contributed by atoms with Crippen molar-refractivity contribution < 1.29 is 14.7 Å². The quantitative estimate of drug-likeness (QED) is 0.0903. The molecule has 13 heteroatoms. The minimum absolute atomic E-state index is 0.00368. The van der Waals surface area contributed by atoms with Crippen molar-refractivity contribution in [2.24, 2.45) is 5.92 Å². The molecule has 1 aliphatic rings. The Morgan fingerprint density at radius 3 is 2.28 bits per heavy atom. The molecule has 0 aliphatic carbocycles. The van der Waals surface area contributed by atoms with Gasteiger partial charge in [0.15, 0.2) is 11.3 Å². The van der Waals surface area contributed by atoms with Gasteiger partial charge in [-0.2, -0.15) is 0 Å². The summed E-state index contributed by atoms with van der Waals surface area (Å²) >= 11 is 0.